The van der Waals surface area contributed by atoms with Crippen molar-refractivity contribution >= 4 is 5.91 Å². The standard InChI is InChI=1S/C56H111NO4/c1-3-5-7-9-11-13-15-17-19-21-23-25-26-27-28-29-30-31-33-35-37-39-41-43-45-47-49-51-55(60)57-53(52-58)56(61)54(59)50-48-46-44-42-40-38-36-34-32-24-22-20-18-16-14-12-10-8-6-4-2/h42,44,53-54,56,58-59,61H,3-41,43,45-52H2,1-2H3,(H,57,60)/b44-42+. The van der Waals surface area contributed by atoms with E-state index in [2.05, 4.69) is 31.3 Å². The summed E-state index contributed by atoms with van der Waals surface area (Å²) in [5.41, 5.74) is 0. The lowest BCUT2D eigenvalue weighted by Crippen LogP contribution is -2.50. The predicted molar refractivity (Wildman–Crippen MR) is 269 cm³/mol. The third kappa shape index (κ3) is 46.9. The minimum absolute atomic E-state index is 0.147. The van der Waals surface area contributed by atoms with Gasteiger partial charge in [-0.3, -0.25) is 4.79 Å². The SMILES string of the molecule is CCCCCCCCCCCCCCCCC/C=C/CCCC(O)C(O)C(CO)NC(=O)CCCCCCCCCCCCCCCCCCCCCCCCCCCCC. The second kappa shape index (κ2) is 51.7. The average Bonchev–Trinajstić information content (AvgIpc) is 3.26. The van der Waals surface area contributed by atoms with Crippen molar-refractivity contribution in [1.29, 1.82) is 0 Å². The van der Waals surface area contributed by atoms with Crippen molar-refractivity contribution in [3.8, 4) is 0 Å². The van der Waals surface area contributed by atoms with Crippen LogP contribution in [-0.4, -0.2) is 46.1 Å². The third-order valence-electron chi connectivity index (χ3n) is 13.4. The zero-order chi connectivity index (χ0) is 44.4. The molecule has 61 heavy (non-hydrogen) atoms. The maximum absolute atomic E-state index is 12.5. The fraction of sp³-hybridized carbons (Fsp3) is 0.946. The molecule has 0 saturated heterocycles. The van der Waals surface area contributed by atoms with Crippen LogP contribution in [0.1, 0.15) is 316 Å². The van der Waals surface area contributed by atoms with Crippen LogP contribution >= 0.6 is 0 Å². The van der Waals surface area contributed by atoms with E-state index < -0.39 is 18.2 Å². The number of aliphatic hydroxyl groups excluding tert-OH is 3. The highest BCUT2D eigenvalue weighted by atomic mass is 16.3. The molecule has 0 spiro atoms. The molecule has 0 bridgehead atoms. The molecule has 0 aromatic rings. The highest BCUT2D eigenvalue weighted by Gasteiger charge is 2.26. The van der Waals surface area contributed by atoms with E-state index in [-0.39, 0.29) is 12.5 Å². The molecule has 0 aliphatic heterocycles. The summed E-state index contributed by atoms with van der Waals surface area (Å²) in [5, 5.41) is 33.7. The highest BCUT2D eigenvalue weighted by Crippen LogP contribution is 2.18. The van der Waals surface area contributed by atoms with Gasteiger partial charge < -0.3 is 20.6 Å². The van der Waals surface area contributed by atoms with Crippen molar-refractivity contribution < 1.29 is 20.1 Å². The quantitative estimate of drug-likeness (QED) is 0.0362. The topological polar surface area (TPSA) is 89.8 Å². The Hall–Kier alpha value is -0.910. The molecular formula is C56H111NO4. The monoisotopic (exact) mass is 862 g/mol. The average molecular weight is 863 g/mol. The summed E-state index contributed by atoms with van der Waals surface area (Å²) in [6, 6.07) is -0.822. The molecule has 0 fully saturated rings. The molecule has 0 heterocycles. The Morgan fingerprint density at radius 1 is 0.393 bits per heavy atom. The van der Waals surface area contributed by atoms with Crippen LogP contribution in [0.4, 0.5) is 0 Å². The largest absolute Gasteiger partial charge is 0.394 e. The number of amides is 1. The van der Waals surface area contributed by atoms with Crippen molar-refractivity contribution in [2.24, 2.45) is 0 Å². The van der Waals surface area contributed by atoms with Crippen molar-refractivity contribution in [2.75, 3.05) is 6.61 Å². The van der Waals surface area contributed by atoms with E-state index in [1.165, 1.54) is 250 Å². The van der Waals surface area contributed by atoms with Gasteiger partial charge in [-0.25, -0.2) is 0 Å². The van der Waals surface area contributed by atoms with Gasteiger partial charge in [-0.2, -0.15) is 0 Å². The minimum Gasteiger partial charge on any atom is -0.394 e. The smallest absolute Gasteiger partial charge is 0.220 e. The molecule has 0 aliphatic carbocycles. The first kappa shape index (κ1) is 60.1. The molecule has 5 nitrogen and oxygen atoms in total. The lowest BCUT2D eigenvalue weighted by atomic mass is 10.0. The number of hydrogen-bond donors (Lipinski definition) is 4. The Labute approximate surface area is 382 Å². The lowest BCUT2D eigenvalue weighted by Gasteiger charge is -2.26. The number of carbonyl (C=O) groups excluding carboxylic acids is 1. The van der Waals surface area contributed by atoms with Gasteiger partial charge >= 0.3 is 0 Å². The first-order valence-electron chi connectivity index (χ1n) is 28.0. The molecule has 4 N–H and O–H groups in total. The van der Waals surface area contributed by atoms with Crippen molar-refractivity contribution in [2.45, 2.75) is 334 Å². The van der Waals surface area contributed by atoms with Crippen LogP contribution in [0.25, 0.3) is 0 Å². The van der Waals surface area contributed by atoms with E-state index in [4.69, 9.17) is 0 Å². The Bertz CT molecular complexity index is 864. The van der Waals surface area contributed by atoms with Gasteiger partial charge in [-0.1, -0.05) is 283 Å². The zero-order valence-electron chi connectivity index (χ0n) is 41.6. The van der Waals surface area contributed by atoms with Crippen LogP contribution in [0.2, 0.25) is 0 Å². The number of rotatable bonds is 52. The summed E-state index contributed by atoms with van der Waals surface area (Å²) in [4.78, 5) is 12.5. The van der Waals surface area contributed by atoms with E-state index in [1.807, 2.05) is 0 Å². The van der Waals surface area contributed by atoms with Crippen LogP contribution in [0.3, 0.4) is 0 Å². The molecule has 0 saturated carbocycles. The van der Waals surface area contributed by atoms with E-state index in [1.54, 1.807) is 0 Å². The Morgan fingerprint density at radius 2 is 0.656 bits per heavy atom. The first-order chi connectivity index (χ1) is 30.1. The molecular weight excluding hydrogens is 751 g/mol. The van der Waals surface area contributed by atoms with E-state index in [0.29, 0.717) is 12.8 Å². The second-order valence-electron chi connectivity index (χ2n) is 19.5. The molecule has 1 amide bonds. The Kier molecular flexibility index (Phi) is 51.0. The van der Waals surface area contributed by atoms with E-state index in [0.717, 1.165) is 38.5 Å². The predicted octanol–water partition coefficient (Wildman–Crippen LogP) is 17.1. The van der Waals surface area contributed by atoms with Gasteiger partial charge in [0.05, 0.1) is 18.8 Å². The summed E-state index contributed by atoms with van der Waals surface area (Å²) < 4.78 is 0. The number of nitrogens with one attached hydrogen (secondary N) is 1. The fourth-order valence-corrected chi connectivity index (χ4v) is 9.05. The number of aliphatic hydroxyl groups is 3. The molecule has 364 valence electrons. The van der Waals surface area contributed by atoms with Gasteiger partial charge in [0.15, 0.2) is 0 Å². The first-order valence-corrected chi connectivity index (χ1v) is 28.0. The molecule has 0 aliphatic rings. The molecule has 3 atom stereocenters. The summed E-state index contributed by atoms with van der Waals surface area (Å²) in [6.45, 7) is 4.21. The van der Waals surface area contributed by atoms with Gasteiger partial charge in [0.1, 0.15) is 6.10 Å². The maximum atomic E-state index is 12.5. The van der Waals surface area contributed by atoms with Crippen molar-refractivity contribution in [3.63, 3.8) is 0 Å². The number of hydrogen-bond acceptors (Lipinski definition) is 4. The summed E-state index contributed by atoms with van der Waals surface area (Å²) in [7, 11) is 0. The minimum atomic E-state index is -1.16. The highest BCUT2D eigenvalue weighted by molar-refractivity contribution is 5.76. The number of allylic oxidation sites excluding steroid dienone is 2. The molecule has 3 unspecified atom stereocenters. The van der Waals surface area contributed by atoms with Crippen LogP contribution in [0, 0.1) is 0 Å². The van der Waals surface area contributed by atoms with E-state index in [9.17, 15) is 20.1 Å². The molecule has 0 aromatic heterocycles. The van der Waals surface area contributed by atoms with Crippen LogP contribution in [0.5, 0.6) is 0 Å². The summed E-state index contributed by atoms with van der Waals surface area (Å²) in [5.74, 6) is -0.147. The Balaban J connectivity index is 3.52. The molecule has 5 heteroatoms. The number of carbonyl (C=O) groups is 1. The fourth-order valence-electron chi connectivity index (χ4n) is 9.05. The zero-order valence-corrected chi connectivity index (χ0v) is 41.6. The maximum Gasteiger partial charge on any atom is 0.220 e. The van der Waals surface area contributed by atoms with Crippen molar-refractivity contribution in [3.05, 3.63) is 12.2 Å². The van der Waals surface area contributed by atoms with Crippen LogP contribution in [-0.2, 0) is 4.79 Å². The van der Waals surface area contributed by atoms with Gasteiger partial charge in [-0.05, 0) is 38.5 Å². The van der Waals surface area contributed by atoms with Gasteiger partial charge in [0.25, 0.3) is 0 Å². The Morgan fingerprint density at radius 3 is 0.951 bits per heavy atom. The molecule has 0 rings (SSSR count). The second-order valence-corrected chi connectivity index (χ2v) is 19.5. The molecule has 0 aromatic carbocycles. The van der Waals surface area contributed by atoms with Gasteiger partial charge in [-0.15, -0.1) is 0 Å². The lowest BCUT2D eigenvalue weighted by molar-refractivity contribution is -0.124. The van der Waals surface area contributed by atoms with Gasteiger partial charge in [0, 0.05) is 6.42 Å². The number of unbranched alkanes of at least 4 members (excludes halogenated alkanes) is 42. The van der Waals surface area contributed by atoms with Crippen LogP contribution in [0.15, 0.2) is 12.2 Å². The van der Waals surface area contributed by atoms with Crippen LogP contribution < -0.4 is 5.32 Å². The third-order valence-corrected chi connectivity index (χ3v) is 13.4. The van der Waals surface area contributed by atoms with Crippen molar-refractivity contribution in [1.82, 2.24) is 5.32 Å². The normalized spacial score (nSPS) is 13.3. The summed E-state index contributed by atoms with van der Waals surface area (Å²) >= 11 is 0. The summed E-state index contributed by atoms with van der Waals surface area (Å²) in [6.07, 6.45) is 63.7. The van der Waals surface area contributed by atoms with Gasteiger partial charge in [0.2, 0.25) is 5.91 Å². The van der Waals surface area contributed by atoms with E-state index >= 15 is 0 Å². The molecule has 0 radical (unpaired) electrons.